The molecule has 4 rings (SSSR count). The number of thioether (sulfide) groups is 1. The molecule has 0 spiro atoms. The molecule has 0 aliphatic carbocycles. The third-order valence-electron chi connectivity index (χ3n) is 4.87. The maximum Gasteiger partial charge on any atom is 0.269 e. The molecule has 164 valence electrons. The number of nitrogens with one attached hydrogen (secondary N) is 1. The number of nitro benzene ring substituents is 1. The Hall–Kier alpha value is -4.04. The first kappa shape index (κ1) is 22.2. The lowest BCUT2D eigenvalue weighted by Crippen LogP contribution is -2.15. The summed E-state index contributed by atoms with van der Waals surface area (Å²) in [6.07, 6.45) is 0. The Bertz CT molecular complexity index is 1240. The number of benzene rings is 3. The van der Waals surface area contributed by atoms with Crippen molar-refractivity contribution in [1.82, 2.24) is 9.97 Å². The quantitative estimate of drug-likeness (QED) is 0.164. The Morgan fingerprint density at radius 2 is 1.48 bits per heavy atom. The number of amides is 1. The van der Waals surface area contributed by atoms with E-state index in [1.807, 2.05) is 66.7 Å². The van der Waals surface area contributed by atoms with Gasteiger partial charge >= 0.3 is 0 Å². The number of hydrogen-bond acceptors (Lipinski definition) is 6. The van der Waals surface area contributed by atoms with E-state index in [4.69, 9.17) is 0 Å². The van der Waals surface area contributed by atoms with Gasteiger partial charge in [0.15, 0.2) is 5.16 Å². The van der Waals surface area contributed by atoms with Gasteiger partial charge in [-0.3, -0.25) is 14.9 Å². The summed E-state index contributed by atoms with van der Waals surface area (Å²) in [4.78, 5) is 32.3. The number of non-ortho nitro benzene ring substituents is 1. The van der Waals surface area contributed by atoms with Crippen molar-refractivity contribution in [2.24, 2.45) is 0 Å². The largest absolute Gasteiger partial charge is 0.325 e. The van der Waals surface area contributed by atoms with Crippen molar-refractivity contribution in [1.29, 1.82) is 0 Å². The van der Waals surface area contributed by atoms with Crippen LogP contribution in [0.2, 0.25) is 0 Å². The second-order valence-electron chi connectivity index (χ2n) is 7.25. The smallest absolute Gasteiger partial charge is 0.269 e. The van der Waals surface area contributed by atoms with Gasteiger partial charge in [-0.15, -0.1) is 0 Å². The Balaban J connectivity index is 1.54. The van der Waals surface area contributed by atoms with Crippen molar-refractivity contribution in [2.75, 3.05) is 11.1 Å². The number of nitrogens with zero attached hydrogens (tertiary/aromatic N) is 3. The highest BCUT2D eigenvalue weighted by Gasteiger charge is 2.13. The van der Waals surface area contributed by atoms with E-state index < -0.39 is 4.92 Å². The first-order chi connectivity index (χ1) is 16.0. The van der Waals surface area contributed by atoms with E-state index in [-0.39, 0.29) is 17.3 Å². The standard InChI is InChI=1S/C25H20N4O3S/c1-17-14-20(29(31)32)12-13-21(17)26-24(30)16-33-25-27-22(18-8-4-2-5-9-18)15-23(28-25)19-10-6-3-7-11-19/h2-15H,16H2,1H3,(H,26,30). The van der Waals surface area contributed by atoms with Crippen molar-refractivity contribution in [2.45, 2.75) is 12.1 Å². The third kappa shape index (κ3) is 5.61. The van der Waals surface area contributed by atoms with Crippen LogP contribution in [0.3, 0.4) is 0 Å². The summed E-state index contributed by atoms with van der Waals surface area (Å²) >= 11 is 1.24. The number of carbonyl (C=O) groups excluding carboxylic acids is 1. The van der Waals surface area contributed by atoms with Crippen molar-refractivity contribution >= 4 is 29.0 Å². The van der Waals surface area contributed by atoms with Gasteiger partial charge in [0, 0.05) is 28.9 Å². The zero-order valence-corrected chi connectivity index (χ0v) is 18.6. The van der Waals surface area contributed by atoms with Crippen LogP contribution in [0.5, 0.6) is 0 Å². The fourth-order valence-corrected chi connectivity index (χ4v) is 3.88. The lowest BCUT2D eigenvalue weighted by molar-refractivity contribution is -0.384. The molecule has 0 fully saturated rings. The molecule has 0 saturated carbocycles. The Kier molecular flexibility index (Phi) is 6.75. The third-order valence-corrected chi connectivity index (χ3v) is 5.72. The van der Waals surface area contributed by atoms with Gasteiger partial charge in [0.2, 0.25) is 5.91 Å². The minimum Gasteiger partial charge on any atom is -0.325 e. The normalized spacial score (nSPS) is 10.6. The molecule has 1 heterocycles. The van der Waals surface area contributed by atoms with Crippen LogP contribution in [0.4, 0.5) is 11.4 Å². The van der Waals surface area contributed by atoms with E-state index in [2.05, 4.69) is 15.3 Å². The SMILES string of the molecule is Cc1cc([N+](=O)[O-])ccc1NC(=O)CSc1nc(-c2ccccc2)cc(-c2ccccc2)n1. The van der Waals surface area contributed by atoms with Crippen molar-refractivity contribution in [3.8, 4) is 22.5 Å². The second-order valence-corrected chi connectivity index (χ2v) is 8.19. The Morgan fingerprint density at radius 1 is 0.909 bits per heavy atom. The van der Waals surface area contributed by atoms with Gasteiger partial charge in [0.1, 0.15) is 0 Å². The summed E-state index contributed by atoms with van der Waals surface area (Å²) < 4.78 is 0. The molecule has 0 atom stereocenters. The zero-order chi connectivity index (χ0) is 23.2. The average Bonchev–Trinajstić information content (AvgIpc) is 2.85. The maximum atomic E-state index is 12.5. The molecule has 4 aromatic rings. The summed E-state index contributed by atoms with van der Waals surface area (Å²) in [5.74, 6) is -0.143. The monoisotopic (exact) mass is 456 g/mol. The van der Waals surface area contributed by atoms with Gasteiger partial charge in [-0.05, 0) is 24.6 Å². The number of aryl methyl sites for hydroxylation is 1. The average molecular weight is 457 g/mol. The van der Waals surface area contributed by atoms with Crippen LogP contribution in [-0.2, 0) is 4.79 Å². The van der Waals surface area contributed by atoms with Crippen LogP contribution in [0.15, 0.2) is 90.1 Å². The predicted octanol–water partition coefficient (Wildman–Crippen LogP) is 5.76. The second kappa shape index (κ2) is 10.1. The van der Waals surface area contributed by atoms with E-state index in [0.717, 1.165) is 22.5 Å². The van der Waals surface area contributed by atoms with E-state index in [1.165, 1.54) is 30.0 Å². The number of rotatable bonds is 7. The van der Waals surface area contributed by atoms with E-state index in [0.29, 0.717) is 16.4 Å². The molecule has 7 nitrogen and oxygen atoms in total. The molecule has 1 amide bonds. The molecule has 0 bridgehead atoms. The van der Waals surface area contributed by atoms with E-state index in [1.54, 1.807) is 6.92 Å². The van der Waals surface area contributed by atoms with Crippen molar-refractivity contribution in [3.05, 3.63) is 101 Å². The van der Waals surface area contributed by atoms with Crippen LogP contribution in [0.1, 0.15) is 5.56 Å². The van der Waals surface area contributed by atoms with Crippen LogP contribution >= 0.6 is 11.8 Å². The van der Waals surface area contributed by atoms with Crippen LogP contribution < -0.4 is 5.32 Å². The zero-order valence-electron chi connectivity index (χ0n) is 17.8. The van der Waals surface area contributed by atoms with Gasteiger partial charge in [0.05, 0.1) is 22.1 Å². The van der Waals surface area contributed by atoms with Gasteiger partial charge in [0.25, 0.3) is 5.69 Å². The summed E-state index contributed by atoms with van der Waals surface area (Å²) in [6, 6.07) is 25.9. The van der Waals surface area contributed by atoms with Crippen LogP contribution in [-0.4, -0.2) is 26.6 Å². The number of aromatic nitrogens is 2. The van der Waals surface area contributed by atoms with Crippen molar-refractivity contribution in [3.63, 3.8) is 0 Å². The molecular weight excluding hydrogens is 436 g/mol. The molecule has 8 heteroatoms. The molecule has 0 saturated heterocycles. The van der Waals surface area contributed by atoms with Gasteiger partial charge < -0.3 is 5.32 Å². The number of anilines is 1. The molecule has 0 radical (unpaired) electrons. The van der Waals surface area contributed by atoms with Gasteiger partial charge in [-0.25, -0.2) is 9.97 Å². The number of nitro groups is 1. The summed E-state index contributed by atoms with van der Waals surface area (Å²) in [6.45, 7) is 1.72. The maximum absolute atomic E-state index is 12.5. The first-order valence-corrected chi connectivity index (χ1v) is 11.2. The minimum atomic E-state index is -0.462. The lowest BCUT2D eigenvalue weighted by atomic mass is 10.1. The van der Waals surface area contributed by atoms with E-state index in [9.17, 15) is 14.9 Å². The molecule has 1 aromatic heterocycles. The van der Waals surface area contributed by atoms with Crippen LogP contribution in [0.25, 0.3) is 22.5 Å². The fourth-order valence-electron chi connectivity index (χ4n) is 3.22. The Labute approximate surface area is 195 Å². The van der Waals surface area contributed by atoms with Crippen LogP contribution in [0, 0.1) is 17.0 Å². The van der Waals surface area contributed by atoms with Crippen molar-refractivity contribution < 1.29 is 9.72 Å². The first-order valence-electron chi connectivity index (χ1n) is 10.2. The molecular formula is C25H20N4O3S. The highest BCUT2D eigenvalue weighted by atomic mass is 32.2. The molecule has 3 aromatic carbocycles. The molecule has 0 aliphatic heterocycles. The molecule has 1 N–H and O–H groups in total. The summed E-state index contributed by atoms with van der Waals surface area (Å²) in [5.41, 5.74) is 4.62. The summed E-state index contributed by atoms with van der Waals surface area (Å²) in [5, 5.41) is 14.2. The lowest BCUT2D eigenvalue weighted by Gasteiger charge is -2.10. The fraction of sp³-hybridized carbons (Fsp3) is 0.0800. The minimum absolute atomic E-state index is 0.0144. The van der Waals surface area contributed by atoms with E-state index >= 15 is 0 Å². The topological polar surface area (TPSA) is 98.0 Å². The Morgan fingerprint density at radius 3 is 2.00 bits per heavy atom. The molecule has 33 heavy (non-hydrogen) atoms. The summed E-state index contributed by atoms with van der Waals surface area (Å²) in [7, 11) is 0. The number of carbonyl (C=O) groups is 1. The number of hydrogen-bond donors (Lipinski definition) is 1. The highest BCUT2D eigenvalue weighted by molar-refractivity contribution is 7.99. The molecule has 0 aliphatic rings. The highest BCUT2D eigenvalue weighted by Crippen LogP contribution is 2.27. The predicted molar refractivity (Wildman–Crippen MR) is 130 cm³/mol. The molecule has 0 unspecified atom stereocenters. The van der Waals surface area contributed by atoms with Gasteiger partial charge in [-0.2, -0.15) is 0 Å². The van der Waals surface area contributed by atoms with Gasteiger partial charge in [-0.1, -0.05) is 72.4 Å².